The van der Waals surface area contributed by atoms with E-state index in [4.69, 9.17) is 20.9 Å². The van der Waals surface area contributed by atoms with Crippen molar-refractivity contribution in [1.29, 1.82) is 0 Å². The molecular formula is C14H21IN4O3. The molecule has 2 rings (SSSR count). The maximum absolute atomic E-state index is 11.0. The van der Waals surface area contributed by atoms with Crippen molar-refractivity contribution in [2.24, 2.45) is 16.5 Å². The SMILES string of the molecule is COc1cccc(NC(N)=NCC2CCC(C(N)=O)O2)c1.I. The molecule has 2 unspecified atom stereocenters. The average Bonchev–Trinajstić information content (AvgIpc) is 2.94. The van der Waals surface area contributed by atoms with Crippen molar-refractivity contribution in [3.8, 4) is 5.75 Å². The van der Waals surface area contributed by atoms with E-state index in [-0.39, 0.29) is 36.0 Å². The van der Waals surface area contributed by atoms with Gasteiger partial charge in [-0.1, -0.05) is 6.07 Å². The number of nitrogens with two attached hydrogens (primary N) is 2. The summed E-state index contributed by atoms with van der Waals surface area (Å²) in [6.07, 6.45) is 0.772. The highest BCUT2D eigenvalue weighted by molar-refractivity contribution is 14.0. The van der Waals surface area contributed by atoms with Gasteiger partial charge >= 0.3 is 0 Å². The molecule has 1 saturated heterocycles. The van der Waals surface area contributed by atoms with Crippen molar-refractivity contribution in [1.82, 2.24) is 0 Å². The summed E-state index contributed by atoms with van der Waals surface area (Å²) in [6.45, 7) is 0.395. The van der Waals surface area contributed by atoms with E-state index in [1.54, 1.807) is 7.11 Å². The number of rotatable bonds is 5. The topological polar surface area (TPSA) is 112 Å². The van der Waals surface area contributed by atoms with Gasteiger partial charge in [0.2, 0.25) is 5.91 Å². The first-order valence-electron chi connectivity index (χ1n) is 6.74. The summed E-state index contributed by atoms with van der Waals surface area (Å²) in [6, 6.07) is 7.37. The first-order chi connectivity index (χ1) is 10.1. The highest BCUT2D eigenvalue weighted by Gasteiger charge is 2.28. The number of ether oxygens (including phenoxy) is 2. The fourth-order valence-electron chi connectivity index (χ4n) is 2.14. The fourth-order valence-corrected chi connectivity index (χ4v) is 2.14. The van der Waals surface area contributed by atoms with Crippen molar-refractivity contribution >= 4 is 41.5 Å². The number of guanidine groups is 1. The van der Waals surface area contributed by atoms with Gasteiger partial charge in [-0.15, -0.1) is 24.0 Å². The van der Waals surface area contributed by atoms with Gasteiger partial charge in [0, 0.05) is 11.8 Å². The Morgan fingerprint density at radius 2 is 2.23 bits per heavy atom. The highest BCUT2D eigenvalue weighted by atomic mass is 127. The molecule has 1 heterocycles. The Morgan fingerprint density at radius 3 is 2.86 bits per heavy atom. The minimum absolute atomic E-state index is 0. The quantitative estimate of drug-likeness (QED) is 0.375. The zero-order chi connectivity index (χ0) is 15.2. The number of primary amides is 1. The smallest absolute Gasteiger partial charge is 0.246 e. The summed E-state index contributed by atoms with van der Waals surface area (Å²) in [5.41, 5.74) is 11.8. The van der Waals surface area contributed by atoms with Gasteiger partial charge in [0.15, 0.2) is 5.96 Å². The van der Waals surface area contributed by atoms with Crippen LogP contribution in [-0.4, -0.2) is 37.7 Å². The molecule has 0 radical (unpaired) electrons. The van der Waals surface area contributed by atoms with Gasteiger partial charge in [0.1, 0.15) is 11.9 Å². The first-order valence-corrected chi connectivity index (χ1v) is 6.74. The van der Waals surface area contributed by atoms with E-state index in [0.717, 1.165) is 17.9 Å². The summed E-state index contributed by atoms with van der Waals surface area (Å²) in [5.74, 6) is 0.592. The molecule has 1 aliphatic rings. The molecular weight excluding hydrogens is 399 g/mol. The van der Waals surface area contributed by atoms with Gasteiger partial charge in [-0.3, -0.25) is 9.79 Å². The van der Waals surface area contributed by atoms with Crippen LogP contribution >= 0.6 is 24.0 Å². The van der Waals surface area contributed by atoms with Crippen LogP contribution in [-0.2, 0) is 9.53 Å². The summed E-state index contributed by atoms with van der Waals surface area (Å²) in [7, 11) is 1.60. The second-order valence-corrected chi connectivity index (χ2v) is 4.81. The Bertz CT molecular complexity index is 539. The number of hydrogen-bond donors (Lipinski definition) is 3. The number of nitrogens with zero attached hydrogens (tertiary/aromatic N) is 1. The Labute approximate surface area is 146 Å². The molecule has 2 atom stereocenters. The molecule has 7 nitrogen and oxygen atoms in total. The van der Waals surface area contributed by atoms with Gasteiger partial charge in [-0.2, -0.15) is 0 Å². The second-order valence-electron chi connectivity index (χ2n) is 4.81. The lowest BCUT2D eigenvalue weighted by atomic mass is 10.2. The first kappa shape index (κ1) is 18.5. The maximum atomic E-state index is 11.0. The molecule has 22 heavy (non-hydrogen) atoms. The largest absolute Gasteiger partial charge is 0.497 e. The molecule has 0 spiro atoms. The normalized spacial score (nSPS) is 21.0. The number of hydrogen-bond acceptors (Lipinski definition) is 4. The zero-order valence-corrected chi connectivity index (χ0v) is 14.7. The highest BCUT2D eigenvalue weighted by Crippen LogP contribution is 2.20. The van der Waals surface area contributed by atoms with Crippen molar-refractivity contribution in [3.05, 3.63) is 24.3 Å². The molecule has 0 aliphatic carbocycles. The maximum Gasteiger partial charge on any atom is 0.246 e. The van der Waals surface area contributed by atoms with Crippen molar-refractivity contribution in [2.75, 3.05) is 19.0 Å². The molecule has 1 amide bonds. The van der Waals surface area contributed by atoms with Crippen LogP contribution in [0.2, 0.25) is 0 Å². The molecule has 1 aliphatic heterocycles. The van der Waals surface area contributed by atoms with Crippen molar-refractivity contribution in [2.45, 2.75) is 25.0 Å². The van der Waals surface area contributed by atoms with E-state index in [0.29, 0.717) is 13.0 Å². The van der Waals surface area contributed by atoms with Gasteiger partial charge in [0.25, 0.3) is 0 Å². The molecule has 122 valence electrons. The summed E-state index contributed by atoms with van der Waals surface area (Å²) in [5, 5.41) is 2.98. The molecule has 1 fully saturated rings. The van der Waals surface area contributed by atoms with Crippen LogP contribution in [0.15, 0.2) is 29.3 Å². The number of carbonyl (C=O) groups is 1. The number of methoxy groups -OCH3 is 1. The minimum atomic E-state index is -0.502. The summed E-state index contributed by atoms with van der Waals surface area (Å²) in [4.78, 5) is 15.2. The van der Waals surface area contributed by atoms with Gasteiger partial charge in [0.05, 0.1) is 19.8 Å². The molecule has 1 aromatic carbocycles. The third kappa shape index (κ3) is 5.34. The van der Waals surface area contributed by atoms with Crippen LogP contribution in [0.3, 0.4) is 0 Å². The Kier molecular flexibility index (Phi) is 7.39. The van der Waals surface area contributed by atoms with Crippen LogP contribution in [0, 0.1) is 0 Å². The van der Waals surface area contributed by atoms with Crippen molar-refractivity contribution in [3.63, 3.8) is 0 Å². The lowest BCUT2D eigenvalue weighted by molar-refractivity contribution is -0.128. The number of halogens is 1. The van der Waals surface area contributed by atoms with E-state index in [1.165, 1.54) is 0 Å². The summed E-state index contributed by atoms with van der Waals surface area (Å²) >= 11 is 0. The monoisotopic (exact) mass is 420 g/mol. The van der Waals surface area contributed by atoms with E-state index < -0.39 is 12.0 Å². The van der Waals surface area contributed by atoms with Crippen molar-refractivity contribution < 1.29 is 14.3 Å². The lowest BCUT2D eigenvalue weighted by Crippen LogP contribution is -2.29. The predicted molar refractivity (Wildman–Crippen MR) is 95.6 cm³/mol. The zero-order valence-electron chi connectivity index (χ0n) is 12.3. The van der Waals surface area contributed by atoms with E-state index >= 15 is 0 Å². The summed E-state index contributed by atoms with van der Waals surface area (Å²) < 4.78 is 10.6. The molecule has 0 saturated carbocycles. The van der Waals surface area contributed by atoms with Gasteiger partial charge in [-0.05, 0) is 25.0 Å². The van der Waals surface area contributed by atoms with Gasteiger partial charge < -0.3 is 26.3 Å². The standard InChI is InChI=1S/C14H20N4O3.HI/c1-20-10-4-2-3-9(7-10)18-14(16)17-8-11-5-6-12(21-11)13(15)19;/h2-4,7,11-12H,5-6,8H2,1H3,(H2,15,19)(H3,16,17,18);1H. The third-order valence-electron chi connectivity index (χ3n) is 3.23. The van der Waals surface area contributed by atoms with E-state index in [1.807, 2.05) is 24.3 Å². The van der Waals surface area contributed by atoms with Crippen LogP contribution in [0.25, 0.3) is 0 Å². The number of aliphatic imine (C=N–C) groups is 1. The number of nitrogens with one attached hydrogen (secondary N) is 1. The Hall–Kier alpha value is -1.55. The fraction of sp³-hybridized carbons (Fsp3) is 0.429. The van der Waals surface area contributed by atoms with Crippen LogP contribution in [0.1, 0.15) is 12.8 Å². The number of anilines is 1. The number of carbonyl (C=O) groups excluding carboxylic acids is 1. The molecule has 5 N–H and O–H groups in total. The predicted octanol–water partition coefficient (Wildman–Crippen LogP) is 1.07. The van der Waals surface area contributed by atoms with Crippen LogP contribution in [0.4, 0.5) is 5.69 Å². The molecule has 8 heteroatoms. The van der Waals surface area contributed by atoms with E-state index in [2.05, 4.69) is 10.3 Å². The molecule has 1 aromatic rings. The Morgan fingerprint density at radius 1 is 1.45 bits per heavy atom. The van der Waals surface area contributed by atoms with Gasteiger partial charge in [-0.25, -0.2) is 0 Å². The Balaban J connectivity index is 0.00000242. The number of amides is 1. The molecule has 0 aromatic heterocycles. The molecule has 0 bridgehead atoms. The third-order valence-corrected chi connectivity index (χ3v) is 3.23. The average molecular weight is 420 g/mol. The van der Waals surface area contributed by atoms with Crippen LogP contribution in [0.5, 0.6) is 5.75 Å². The minimum Gasteiger partial charge on any atom is -0.497 e. The van der Waals surface area contributed by atoms with Crippen LogP contribution < -0.4 is 21.5 Å². The lowest BCUT2D eigenvalue weighted by Gasteiger charge is -2.10. The van der Waals surface area contributed by atoms with E-state index in [9.17, 15) is 4.79 Å². The number of benzene rings is 1. The second kappa shape index (κ2) is 8.79.